The molecule has 0 fully saturated rings. The summed E-state index contributed by atoms with van der Waals surface area (Å²) in [6.45, 7) is 0. The zero-order valence-electron chi connectivity index (χ0n) is 9.77. The molecule has 20 heavy (non-hydrogen) atoms. The van der Waals surface area contributed by atoms with Crippen LogP contribution >= 0.6 is 15.9 Å². The highest BCUT2D eigenvalue weighted by Gasteiger charge is 2.20. The van der Waals surface area contributed by atoms with Crippen LogP contribution in [0.2, 0.25) is 0 Å². The van der Waals surface area contributed by atoms with E-state index in [0.29, 0.717) is 0 Å². The molecule has 5 nitrogen and oxygen atoms in total. The van der Waals surface area contributed by atoms with E-state index < -0.39 is 21.7 Å². The van der Waals surface area contributed by atoms with Gasteiger partial charge in [0.1, 0.15) is 22.3 Å². The van der Waals surface area contributed by atoms with E-state index >= 15 is 0 Å². The van der Waals surface area contributed by atoms with Crippen molar-refractivity contribution in [2.75, 3.05) is 10.5 Å². The van der Waals surface area contributed by atoms with Crippen LogP contribution in [0.25, 0.3) is 0 Å². The van der Waals surface area contributed by atoms with Crippen molar-refractivity contribution in [3.05, 3.63) is 46.6 Å². The van der Waals surface area contributed by atoms with Crippen molar-refractivity contribution in [3.63, 3.8) is 0 Å². The highest BCUT2D eigenvalue weighted by Crippen LogP contribution is 2.27. The predicted octanol–water partition coefficient (Wildman–Crippen LogP) is 2.51. The molecule has 0 bridgehead atoms. The summed E-state index contributed by atoms with van der Waals surface area (Å²) in [6, 6.07) is 4.14. The Kier molecular flexibility index (Phi) is 3.91. The first kappa shape index (κ1) is 14.7. The van der Waals surface area contributed by atoms with E-state index in [-0.39, 0.29) is 20.9 Å². The van der Waals surface area contributed by atoms with Gasteiger partial charge in [-0.2, -0.15) is 0 Å². The first-order valence-electron chi connectivity index (χ1n) is 5.18. The number of benzene rings is 1. The minimum absolute atomic E-state index is 0.0128. The molecule has 0 spiro atoms. The minimum Gasteiger partial charge on any atom is -0.396 e. The zero-order chi connectivity index (χ0) is 14.9. The molecule has 1 aromatic carbocycles. The van der Waals surface area contributed by atoms with Gasteiger partial charge in [-0.1, -0.05) is 0 Å². The van der Waals surface area contributed by atoms with E-state index in [4.69, 9.17) is 5.73 Å². The van der Waals surface area contributed by atoms with E-state index in [1.165, 1.54) is 0 Å². The molecular weight excluding hydrogens is 356 g/mol. The number of nitrogens with two attached hydrogens (primary N) is 1. The summed E-state index contributed by atoms with van der Waals surface area (Å²) in [7, 11) is -4.02. The van der Waals surface area contributed by atoms with Crippen LogP contribution in [0.1, 0.15) is 0 Å². The molecule has 0 amide bonds. The van der Waals surface area contributed by atoms with Gasteiger partial charge in [-0.15, -0.1) is 0 Å². The van der Waals surface area contributed by atoms with Crippen LogP contribution in [0.4, 0.5) is 20.3 Å². The topological polar surface area (TPSA) is 85.1 Å². The van der Waals surface area contributed by atoms with Crippen LogP contribution in [0.3, 0.4) is 0 Å². The SMILES string of the molecule is Nc1cc(S(=O)(=O)Nc2ccc(F)cn2)c(Br)cc1F. The monoisotopic (exact) mass is 363 g/mol. The Morgan fingerprint density at radius 2 is 1.95 bits per heavy atom. The number of sulfonamides is 1. The smallest absolute Gasteiger partial charge is 0.264 e. The van der Waals surface area contributed by atoms with E-state index in [0.717, 1.165) is 30.5 Å². The molecule has 106 valence electrons. The van der Waals surface area contributed by atoms with Gasteiger partial charge in [-0.3, -0.25) is 4.72 Å². The third-order valence-corrected chi connectivity index (χ3v) is 4.62. The lowest BCUT2D eigenvalue weighted by Gasteiger charge is -2.10. The molecule has 0 atom stereocenters. The number of nitrogens with zero attached hydrogens (tertiary/aromatic N) is 1. The lowest BCUT2D eigenvalue weighted by atomic mass is 10.3. The first-order chi connectivity index (χ1) is 9.29. The quantitative estimate of drug-likeness (QED) is 0.820. The average molecular weight is 364 g/mol. The molecule has 0 aliphatic carbocycles. The maximum atomic E-state index is 13.2. The van der Waals surface area contributed by atoms with Crippen LogP contribution in [0.5, 0.6) is 0 Å². The van der Waals surface area contributed by atoms with Gasteiger partial charge in [-0.05, 0) is 40.2 Å². The molecule has 0 aliphatic heterocycles. The van der Waals surface area contributed by atoms with Crippen LogP contribution < -0.4 is 10.5 Å². The summed E-state index contributed by atoms with van der Waals surface area (Å²) in [4.78, 5) is 3.33. The Labute approximate surface area is 122 Å². The van der Waals surface area contributed by atoms with Gasteiger partial charge >= 0.3 is 0 Å². The number of pyridine rings is 1. The summed E-state index contributed by atoms with van der Waals surface area (Å²) < 4.78 is 52.3. The molecule has 2 rings (SSSR count). The van der Waals surface area contributed by atoms with E-state index in [1.807, 2.05) is 0 Å². The summed E-state index contributed by atoms with van der Waals surface area (Å²) in [5, 5.41) is 0. The van der Waals surface area contributed by atoms with Gasteiger partial charge in [0.05, 0.1) is 11.9 Å². The average Bonchev–Trinajstić information content (AvgIpc) is 2.36. The van der Waals surface area contributed by atoms with Gasteiger partial charge in [0.15, 0.2) is 0 Å². The first-order valence-corrected chi connectivity index (χ1v) is 7.46. The number of hydrogen-bond acceptors (Lipinski definition) is 4. The largest absolute Gasteiger partial charge is 0.396 e. The molecule has 0 saturated carbocycles. The van der Waals surface area contributed by atoms with Crippen molar-refractivity contribution in [2.45, 2.75) is 4.90 Å². The second-order valence-electron chi connectivity index (χ2n) is 3.77. The minimum atomic E-state index is -4.02. The summed E-state index contributed by atoms with van der Waals surface area (Å²) >= 11 is 2.95. The fourth-order valence-electron chi connectivity index (χ4n) is 1.38. The van der Waals surface area contributed by atoms with Crippen LogP contribution in [-0.2, 0) is 10.0 Å². The molecule has 1 aromatic heterocycles. The van der Waals surface area contributed by atoms with Crippen LogP contribution in [-0.4, -0.2) is 13.4 Å². The van der Waals surface area contributed by atoms with Crippen LogP contribution in [0.15, 0.2) is 39.8 Å². The highest BCUT2D eigenvalue weighted by atomic mass is 79.9. The molecule has 1 heterocycles. The Balaban J connectivity index is 2.40. The van der Waals surface area contributed by atoms with Gasteiger partial charge in [-0.25, -0.2) is 22.2 Å². The van der Waals surface area contributed by atoms with Crippen molar-refractivity contribution in [1.82, 2.24) is 4.98 Å². The molecular formula is C11H8BrF2N3O2S. The van der Waals surface area contributed by atoms with E-state index in [1.54, 1.807) is 0 Å². The number of anilines is 2. The molecule has 0 saturated heterocycles. The Morgan fingerprint density at radius 1 is 1.25 bits per heavy atom. The Hall–Kier alpha value is -1.74. The Morgan fingerprint density at radius 3 is 2.55 bits per heavy atom. The van der Waals surface area contributed by atoms with Crippen LogP contribution in [0, 0.1) is 11.6 Å². The second kappa shape index (κ2) is 5.33. The van der Waals surface area contributed by atoms with Gasteiger partial charge in [0.25, 0.3) is 10.0 Å². The maximum Gasteiger partial charge on any atom is 0.264 e. The molecule has 9 heteroatoms. The molecule has 3 N–H and O–H groups in total. The molecule has 0 unspecified atom stereocenters. The van der Waals surface area contributed by atoms with Gasteiger partial charge < -0.3 is 5.73 Å². The van der Waals surface area contributed by atoms with Crippen molar-refractivity contribution < 1.29 is 17.2 Å². The highest BCUT2D eigenvalue weighted by molar-refractivity contribution is 9.10. The fourth-order valence-corrected chi connectivity index (χ4v) is 3.44. The van der Waals surface area contributed by atoms with E-state index in [2.05, 4.69) is 25.6 Å². The normalized spacial score (nSPS) is 11.3. The maximum absolute atomic E-state index is 13.2. The fraction of sp³-hybridized carbons (Fsp3) is 0. The number of nitrogens with one attached hydrogen (secondary N) is 1. The summed E-state index contributed by atoms with van der Waals surface area (Å²) in [5.41, 5.74) is 5.04. The molecule has 0 aliphatic rings. The third-order valence-electron chi connectivity index (χ3n) is 2.31. The third kappa shape index (κ3) is 3.05. The standard InChI is InChI=1S/C11H8BrF2N3O2S/c12-7-3-8(14)9(15)4-10(7)20(18,19)17-11-2-1-6(13)5-16-11/h1-5H,15H2,(H,16,17). The second-order valence-corrected chi connectivity index (χ2v) is 6.28. The predicted molar refractivity (Wildman–Crippen MR) is 73.5 cm³/mol. The lowest BCUT2D eigenvalue weighted by molar-refractivity contribution is 0.598. The number of halogens is 3. The number of hydrogen-bond donors (Lipinski definition) is 2. The summed E-state index contributed by atoms with van der Waals surface area (Å²) in [6.07, 6.45) is 0.867. The van der Waals surface area contributed by atoms with E-state index in [9.17, 15) is 17.2 Å². The lowest BCUT2D eigenvalue weighted by Crippen LogP contribution is -2.15. The molecule has 2 aromatic rings. The number of rotatable bonds is 3. The molecule has 0 radical (unpaired) electrons. The summed E-state index contributed by atoms with van der Waals surface area (Å²) in [5.74, 6) is -1.41. The van der Waals surface area contributed by atoms with Gasteiger partial charge in [0.2, 0.25) is 0 Å². The zero-order valence-corrected chi connectivity index (χ0v) is 12.2. The Bertz CT molecular complexity index is 751. The van der Waals surface area contributed by atoms with Gasteiger partial charge in [0, 0.05) is 4.47 Å². The van der Waals surface area contributed by atoms with Crippen molar-refractivity contribution >= 4 is 37.5 Å². The number of nitrogen functional groups attached to an aromatic ring is 1. The van der Waals surface area contributed by atoms with Crippen molar-refractivity contribution in [2.24, 2.45) is 0 Å². The number of aromatic nitrogens is 1. The van der Waals surface area contributed by atoms with Crippen molar-refractivity contribution in [3.8, 4) is 0 Å². The van der Waals surface area contributed by atoms with Crippen molar-refractivity contribution in [1.29, 1.82) is 0 Å².